The first kappa shape index (κ1) is 30.6. The molecule has 4 aliphatic carbocycles. The zero-order chi connectivity index (χ0) is 31.1. The lowest BCUT2D eigenvalue weighted by Gasteiger charge is -2.59. The van der Waals surface area contributed by atoms with E-state index in [1.807, 2.05) is 6.92 Å². The van der Waals surface area contributed by atoms with E-state index in [0.29, 0.717) is 11.8 Å². The Bertz CT molecular complexity index is 1280. The quantitative estimate of drug-likeness (QED) is 0.199. The van der Waals surface area contributed by atoms with E-state index in [0.717, 1.165) is 25.7 Å². The van der Waals surface area contributed by atoms with Gasteiger partial charge in [-0.1, -0.05) is 0 Å². The summed E-state index contributed by atoms with van der Waals surface area (Å²) in [4.78, 5) is 50.8. The van der Waals surface area contributed by atoms with Gasteiger partial charge in [0, 0.05) is 6.42 Å². The summed E-state index contributed by atoms with van der Waals surface area (Å²) in [5.74, 6) is -3.31. The number of alkyl halides is 3. The van der Waals surface area contributed by atoms with Gasteiger partial charge >= 0.3 is 39.2 Å². The summed E-state index contributed by atoms with van der Waals surface area (Å²) in [6.45, 7) is 1.04. The van der Waals surface area contributed by atoms with E-state index in [1.54, 1.807) is 0 Å². The van der Waals surface area contributed by atoms with Crippen molar-refractivity contribution in [1.29, 1.82) is 0 Å². The van der Waals surface area contributed by atoms with Gasteiger partial charge in [0.15, 0.2) is 18.4 Å². The lowest BCUT2D eigenvalue weighted by atomic mass is 9.50. The second kappa shape index (κ2) is 10.6. The first-order valence-corrected chi connectivity index (χ1v) is 16.0. The predicted molar refractivity (Wildman–Crippen MR) is 133 cm³/mol. The van der Waals surface area contributed by atoms with Crippen LogP contribution in [0.3, 0.4) is 0 Å². The molecule has 3 aliphatic heterocycles. The topological polar surface area (TPSA) is 169 Å². The Morgan fingerprint density at radius 2 is 1.63 bits per heavy atom. The molecule has 7 atom stereocenters. The highest BCUT2D eigenvalue weighted by molar-refractivity contribution is 7.86. The smallest absolute Gasteiger partial charge is 0.400 e. The molecule has 0 spiro atoms. The van der Waals surface area contributed by atoms with E-state index in [-0.39, 0.29) is 11.8 Å². The SMILES string of the molecule is CC1(OC(=O)C2C3OC4C(OC(=O)C42)C3OC(=O)CCC(=O)OCCC(F)C(F)(F)S(=O)(=O)O)C2CC3CC(C2)CC1C3. The molecule has 7 aliphatic rings. The summed E-state index contributed by atoms with van der Waals surface area (Å²) in [7, 11) is -6.00. The maximum absolute atomic E-state index is 13.6. The van der Waals surface area contributed by atoms with Gasteiger partial charge < -0.3 is 23.7 Å². The number of fused-ring (bicyclic) bond motifs is 1. The maximum Gasteiger partial charge on any atom is 0.400 e. The van der Waals surface area contributed by atoms with Crippen LogP contribution in [0.25, 0.3) is 0 Å². The van der Waals surface area contributed by atoms with E-state index in [9.17, 15) is 40.8 Å². The van der Waals surface area contributed by atoms with Crippen LogP contribution in [0.4, 0.5) is 13.2 Å². The van der Waals surface area contributed by atoms with Gasteiger partial charge in [0.05, 0.1) is 19.4 Å². The molecular weight excluding hydrogens is 605 g/mol. The normalized spacial score (nSPS) is 41.2. The second-order valence-electron chi connectivity index (χ2n) is 12.9. The Kier molecular flexibility index (Phi) is 7.51. The van der Waals surface area contributed by atoms with Gasteiger partial charge in [0.25, 0.3) is 0 Å². The third-order valence-electron chi connectivity index (χ3n) is 10.4. The number of halogens is 3. The summed E-state index contributed by atoms with van der Waals surface area (Å²) in [5.41, 5.74) is -0.648. The number of esters is 4. The number of carbonyl (C=O) groups excluding carboxylic acids is 4. The number of hydrogen-bond acceptors (Lipinski definition) is 11. The highest BCUT2D eigenvalue weighted by Gasteiger charge is 2.72. The summed E-state index contributed by atoms with van der Waals surface area (Å²) < 4.78 is 97.2. The fourth-order valence-electron chi connectivity index (χ4n) is 8.40. The minimum absolute atomic E-state index is 0.249. The molecule has 0 aromatic carbocycles. The third kappa shape index (κ3) is 5.10. The molecule has 0 aromatic rings. The van der Waals surface area contributed by atoms with E-state index in [2.05, 4.69) is 4.74 Å². The highest BCUT2D eigenvalue weighted by Crippen LogP contribution is 2.60. The molecule has 0 aromatic heterocycles. The van der Waals surface area contributed by atoms with Crippen LogP contribution in [0.2, 0.25) is 0 Å². The molecule has 16 heteroatoms. The minimum Gasteiger partial charge on any atom is -0.466 e. The van der Waals surface area contributed by atoms with E-state index in [4.69, 9.17) is 23.5 Å². The largest absolute Gasteiger partial charge is 0.466 e. The van der Waals surface area contributed by atoms with Gasteiger partial charge in [-0.2, -0.15) is 17.2 Å². The summed E-state index contributed by atoms with van der Waals surface area (Å²) in [6.07, 6.45) is -4.26. The fourth-order valence-corrected chi connectivity index (χ4v) is 8.84. The molecular formula is C27H33F3O12S. The van der Waals surface area contributed by atoms with Crippen LogP contribution in [0, 0.1) is 35.5 Å². The zero-order valence-corrected chi connectivity index (χ0v) is 24.0. The van der Waals surface area contributed by atoms with Crippen molar-refractivity contribution in [3.63, 3.8) is 0 Å². The van der Waals surface area contributed by atoms with Gasteiger partial charge in [-0.25, -0.2) is 4.39 Å². The fraction of sp³-hybridized carbons (Fsp3) is 0.852. The molecule has 6 bridgehead atoms. The maximum atomic E-state index is 13.6. The Balaban J connectivity index is 1.02. The molecule has 0 radical (unpaired) electrons. The monoisotopic (exact) mass is 638 g/mol. The van der Waals surface area contributed by atoms with Gasteiger partial charge in [0.2, 0.25) is 0 Å². The Morgan fingerprint density at radius 3 is 2.23 bits per heavy atom. The summed E-state index contributed by atoms with van der Waals surface area (Å²) in [6, 6.07) is 0. The highest BCUT2D eigenvalue weighted by atomic mass is 32.2. The van der Waals surface area contributed by atoms with Crippen LogP contribution < -0.4 is 0 Å². The van der Waals surface area contributed by atoms with Crippen LogP contribution >= 0.6 is 0 Å². The number of hydrogen-bond donors (Lipinski definition) is 1. The number of ether oxygens (including phenoxy) is 5. The molecule has 3 saturated heterocycles. The molecule has 43 heavy (non-hydrogen) atoms. The predicted octanol–water partition coefficient (Wildman–Crippen LogP) is 2.13. The van der Waals surface area contributed by atoms with Gasteiger partial charge in [-0.05, 0) is 62.7 Å². The van der Waals surface area contributed by atoms with Crippen molar-refractivity contribution in [2.45, 2.75) is 99.7 Å². The average molecular weight is 639 g/mol. The van der Waals surface area contributed by atoms with Crippen LogP contribution in [0.1, 0.15) is 58.3 Å². The van der Waals surface area contributed by atoms with E-state index in [1.165, 1.54) is 6.42 Å². The van der Waals surface area contributed by atoms with Gasteiger partial charge in [0.1, 0.15) is 29.6 Å². The molecule has 3 heterocycles. The van der Waals surface area contributed by atoms with Crippen molar-refractivity contribution in [2.24, 2.45) is 35.5 Å². The van der Waals surface area contributed by atoms with Gasteiger partial charge in [-0.3, -0.25) is 23.7 Å². The van der Waals surface area contributed by atoms with Crippen molar-refractivity contribution >= 4 is 34.0 Å². The summed E-state index contributed by atoms with van der Waals surface area (Å²) >= 11 is 0. The van der Waals surface area contributed by atoms with E-state index < -0.39 is 113 Å². The number of rotatable bonds is 11. The molecule has 7 fully saturated rings. The first-order chi connectivity index (χ1) is 20.1. The number of carbonyl (C=O) groups is 4. The van der Waals surface area contributed by atoms with Gasteiger partial charge in [-0.15, -0.1) is 0 Å². The molecule has 7 unspecified atom stereocenters. The second-order valence-corrected chi connectivity index (χ2v) is 14.4. The molecule has 240 valence electrons. The molecule has 7 rings (SSSR count). The molecule has 0 amide bonds. The van der Waals surface area contributed by atoms with Crippen molar-refractivity contribution in [3.8, 4) is 0 Å². The molecule has 12 nitrogen and oxygen atoms in total. The lowest BCUT2D eigenvalue weighted by Crippen LogP contribution is -2.59. The van der Waals surface area contributed by atoms with Crippen LogP contribution in [-0.2, 0) is 53.0 Å². The van der Waals surface area contributed by atoms with E-state index >= 15 is 0 Å². The van der Waals surface area contributed by atoms with Crippen LogP contribution in [0.5, 0.6) is 0 Å². The average Bonchev–Trinajstić information content (AvgIpc) is 3.53. The first-order valence-electron chi connectivity index (χ1n) is 14.5. The van der Waals surface area contributed by atoms with Crippen molar-refractivity contribution < 1.29 is 69.0 Å². The Labute approximate surface area is 245 Å². The third-order valence-corrected chi connectivity index (χ3v) is 11.3. The molecule has 4 saturated carbocycles. The van der Waals surface area contributed by atoms with Crippen LogP contribution in [0.15, 0.2) is 0 Å². The Hall–Kier alpha value is -2.46. The molecule has 1 N–H and O–H groups in total. The lowest BCUT2D eigenvalue weighted by molar-refractivity contribution is -0.210. The summed E-state index contributed by atoms with van der Waals surface area (Å²) in [5, 5.41) is -5.08. The van der Waals surface area contributed by atoms with Crippen molar-refractivity contribution in [1.82, 2.24) is 0 Å². The van der Waals surface area contributed by atoms with Crippen LogP contribution in [-0.4, -0.2) is 84.9 Å². The standard InChI is InChI=1S/C27H33F3O12S/c1-26(13-7-11-6-12(9-13)10-14(26)8-11)42-25(34)19-18-20-23(41-24(18)33)22(21(19)40-20)39-17(32)3-2-16(31)38-5-4-15(28)27(29,30)43(35,36)37/h11-15,18-23H,2-10H2,1H3,(H,35,36,37). The Morgan fingerprint density at radius 1 is 1.02 bits per heavy atom. The van der Waals surface area contributed by atoms with Crippen molar-refractivity contribution in [3.05, 3.63) is 0 Å². The van der Waals surface area contributed by atoms with Crippen molar-refractivity contribution in [2.75, 3.05) is 6.61 Å². The zero-order valence-electron chi connectivity index (χ0n) is 23.2. The minimum atomic E-state index is -6.00.